The molecule has 5 rings (SSSR count). The first-order valence-electron chi connectivity index (χ1n) is 13.0. The molecule has 0 aliphatic carbocycles. The van der Waals surface area contributed by atoms with Crippen LogP contribution < -0.4 is 10.2 Å². The van der Waals surface area contributed by atoms with Crippen LogP contribution in [0.4, 0.5) is 24.8 Å². The maximum absolute atomic E-state index is 13.3. The zero-order chi connectivity index (χ0) is 28.5. The van der Waals surface area contributed by atoms with Crippen molar-refractivity contribution in [1.29, 1.82) is 0 Å². The number of rotatable bonds is 6. The van der Waals surface area contributed by atoms with Crippen LogP contribution in [0.25, 0.3) is 11.1 Å². The molecule has 2 aromatic heterocycles. The second-order valence-corrected chi connectivity index (χ2v) is 12.1. The van der Waals surface area contributed by atoms with Gasteiger partial charge in [-0.2, -0.15) is 17.5 Å². The summed E-state index contributed by atoms with van der Waals surface area (Å²) in [6.07, 6.45) is -2.83. The average Bonchev–Trinajstić information content (AvgIpc) is 2.94. The molecule has 214 valence electrons. The zero-order valence-corrected chi connectivity index (χ0v) is 22.7. The highest BCUT2D eigenvalue weighted by Crippen LogP contribution is 2.30. The smallest absolute Gasteiger partial charge is 0.390 e. The van der Waals surface area contributed by atoms with E-state index in [2.05, 4.69) is 32.1 Å². The number of nitrogens with zero attached hydrogens (tertiary/aromatic N) is 5. The normalized spacial score (nSPS) is 21.4. The van der Waals surface area contributed by atoms with Crippen LogP contribution >= 0.6 is 0 Å². The molecule has 4 heterocycles. The predicted molar refractivity (Wildman–Crippen MR) is 145 cm³/mol. The number of piperidine rings is 1. The van der Waals surface area contributed by atoms with E-state index in [1.54, 1.807) is 30.5 Å². The largest absolute Gasteiger partial charge is 0.417 e. The van der Waals surface area contributed by atoms with Crippen molar-refractivity contribution in [1.82, 2.24) is 19.2 Å². The van der Waals surface area contributed by atoms with Crippen LogP contribution in [0.3, 0.4) is 0 Å². The fourth-order valence-corrected chi connectivity index (χ4v) is 6.37. The molecule has 2 N–H and O–H groups in total. The molecular weight excluding hydrogens is 545 g/mol. The maximum atomic E-state index is 13.3. The van der Waals surface area contributed by atoms with Gasteiger partial charge in [0.05, 0.1) is 22.6 Å². The summed E-state index contributed by atoms with van der Waals surface area (Å²) in [7, 11) is -1.77. The van der Waals surface area contributed by atoms with Crippen LogP contribution in [-0.2, 0) is 16.2 Å². The number of benzene rings is 1. The summed E-state index contributed by atoms with van der Waals surface area (Å²) in [6, 6.07) is 12.1. The van der Waals surface area contributed by atoms with Crippen LogP contribution in [0, 0.1) is 0 Å². The number of piperazine rings is 1. The molecule has 40 heavy (non-hydrogen) atoms. The lowest BCUT2D eigenvalue weighted by molar-refractivity contribution is -0.137. The van der Waals surface area contributed by atoms with Gasteiger partial charge in [-0.3, -0.25) is 0 Å². The van der Waals surface area contributed by atoms with Crippen molar-refractivity contribution in [3.05, 3.63) is 66.5 Å². The van der Waals surface area contributed by atoms with E-state index in [9.17, 15) is 26.7 Å². The van der Waals surface area contributed by atoms with Gasteiger partial charge < -0.3 is 20.2 Å². The molecule has 2 fully saturated rings. The molecule has 0 unspecified atom stereocenters. The number of alkyl halides is 3. The molecule has 2 saturated heterocycles. The topological polar surface area (TPSA) is 102 Å². The Morgan fingerprint density at radius 1 is 0.950 bits per heavy atom. The Labute approximate surface area is 231 Å². The average molecular weight is 577 g/mol. The summed E-state index contributed by atoms with van der Waals surface area (Å²) < 4.78 is 66.2. The van der Waals surface area contributed by atoms with E-state index in [-0.39, 0.29) is 30.2 Å². The van der Waals surface area contributed by atoms with Gasteiger partial charge in [0.25, 0.3) is 0 Å². The van der Waals surface area contributed by atoms with Gasteiger partial charge in [-0.25, -0.2) is 18.4 Å². The molecule has 2 atom stereocenters. The zero-order valence-electron chi connectivity index (χ0n) is 21.9. The number of aliphatic hydroxyl groups excluding tert-OH is 1. The Balaban J connectivity index is 1.22. The number of β-amino-alcohol motifs (C(OH)–C–C–N with tert-alkyl or cyclic N) is 1. The van der Waals surface area contributed by atoms with Crippen molar-refractivity contribution in [2.24, 2.45) is 0 Å². The third-order valence-electron chi connectivity index (χ3n) is 7.37. The predicted octanol–water partition coefficient (Wildman–Crippen LogP) is 3.15. The number of halogens is 3. The van der Waals surface area contributed by atoms with Gasteiger partial charge in [0.2, 0.25) is 10.0 Å². The Morgan fingerprint density at radius 3 is 2.30 bits per heavy atom. The number of likely N-dealkylation sites (N-methyl/N-ethyl adjacent to an activating group) is 1. The minimum atomic E-state index is -4.49. The Hall–Kier alpha value is -3.26. The molecule has 2 aliphatic heterocycles. The summed E-state index contributed by atoms with van der Waals surface area (Å²) in [5.41, 5.74) is 0.931. The Bertz CT molecular complexity index is 1410. The van der Waals surface area contributed by atoms with Gasteiger partial charge in [0.15, 0.2) is 0 Å². The quantitative estimate of drug-likeness (QED) is 0.462. The van der Waals surface area contributed by atoms with Gasteiger partial charge in [0.1, 0.15) is 11.6 Å². The first-order chi connectivity index (χ1) is 19.0. The van der Waals surface area contributed by atoms with E-state index >= 15 is 0 Å². The lowest BCUT2D eigenvalue weighted by Crippen LogP contribution is -2.51. The summed E-state index contributed by atoms with van der Waals surface area (Å²) in [5.74, 6) is 1.06. The standard InChI is InChI=1S/C27H31F3N6O3S/c1-34-12-14-35(15-13-34)26-16-20(8-10-31-26)19-2-5-22(6-3-19)40(38,39)36-11-9-23(24(37)18-36)33-25-7-4-21(17-32-25)27(28,29)30/h2-8,10,16-17,23-24,37H,9,11-15,18H2,1H3,(H,32,33)/t23-,24+/m1/s1. The highest BCUT2D eigenvalue weighted by Gasteiger charge is 2.35. The van der Waals surface area contributed by atoms with Crippen molar-refractivity contribution < 1.29 is 26.7 Å². The Morgan fingerprint density at radius 2 is 1.68 bits per heavy atom. The van der Waals surface area contributed by atoms with Crippen LogP contribution in [-0.4, -0.2) is 91.2 Å². The number of hydrogen-bond donors (Lipinski definition) is 2. The molecule has 0 amide bonds. The van der Waals surface area contributed by atoms with Crippen molar-refractivity contribution in [2.45, 2.75) is 29.6 Å². The first-order valence-corrected chi connectivity index (χ1v) is 14.4. The third-order valence-corrected chi connectivity index (χ3v) is 9.25. The van der Waals surface area contributed by atoms with E-state index < -0.39 is 33.9 Å². The number of hydrogen-bond acceptors (Lipinski definition) is 8. The minimum Gasteiger partial charge on any atom is -0.390 e. The molecule has 3 aromatic rings. The lowest BCUT2D eigenvalue weighted by atomic mass is 10.0. The van der Waals surface area contributed by atoms with E-state index in [0.717, 1.165) is 55.4 Å². The Kier molecular flexibility index (Phi) is 8.00. The van der Waals surface area contributed by atoms with Crippen LogP contribution in [0.15, 0.2) is 65.8 Å². The minimum absolute atomic E-state index is 0.118. The fourth-order valence-electron chi connectivity index (χ4n) is 4.90. The monoisotopic (exact) mass is 576 g/mol. The van der Waals surface area contributed by atoms with Crippen LogP contribution in [0.5, 0.6) is 0 Å². The van der Waals surface area contributed by atoms with Gasteiger partial charge in [-0.1, -0.05) is 12.1 Å². The summed E-state index contributed by atoms with van der Waals surface area (Å²) in [6.45, 7) is 3.70. The number of sulfonamides is 1. The molecule has 0 spiro atoms. The van der Waals surface area contributed by atoms with E-state index in [1.165, 1.54) is 10.4 Å². The summed E-state index contributed by atoms with van der Waals surface area (Å²) >= 11 is 0. The number of pyridine rings is 2. The highest BCUT2D eigenvalue weighted by molar-refractivity contribution is 7.89. The van der Waals surface area contributed by atoms with Gasteiger partial charge in [-0.05, 0) is 61.0 Å². The SMILES string of the molecule is CN1CCN(c2cc(-c3ccc(S(=O)(=O)N4CC[C@@H](Nc5ccc(C(F)(F)F)cn5)[C@@H](O)C4)cc3)ccn2)CC1. The molecule has 1 aromatic carbocycles. The second kappa shape index (κ2) is 11.3. The molecule has 0 bridgehead atoms. The van der Waals surface area contributed by atoms with Crippen LogP contribution in [0.1, 0.15) is 12.0 Å². The van der Waals surface area contributed by atoms with Crippen LogP contribution in [0.2, 0.25) is 0 Å². The van der Waals surface area contributed by atoms with Gasteiger partial charge in [0, 0.05) is 51.7 Å². The summed E-state index contributed by atoms with van der Waals surface area (Å²) in [5, 5.41) is 13.6. The van der Waals surface area contributed by atoms with Crippen molar-refractivity contribution in [2.75, 3.05) is 56.5 Å². The lowest BCUT2D eigenvalue weighted by Gasteiger charge is -2.35. The van der Waals surface area contributed by atoms with Crippen molar-refractivity contribution in [3.8, 4) is 11.1 Å². The van der Waals surface area contributed by atoms with Crippen molar-refractivity contribution >= 4 is 21.7 Å². The van der Waals surface area contributed by atoms with E-state index in [1.807, 2.05) is 12.1 Å². The second-order valence-electron chi connectivity index (χ2n) is 10.1. The molecule has 2 aliphatic rings. The van der Waals surface area contributed by atoms with Gasteiger partial charge >= 0.3 is 6.18 Å². The van der Waals surface area contributed by atoms with E-state index in [4.69, 9.17) is 0 Å². The van der Waals surface area contributed by atoms with E-state index in [0.29, 0.717) is 0 Å². The number of aliphatic hydroxyl groups is 1. The number of nitrogens with one attached hydrogen (secondary N) is 1. The summed E-state index contributed by atoms with van der Waals surface area (Å²) in [4.78, 5) is 12.9. The highest BCUT2D eigenvalue weighted by atomic mass is 32.2. The number of anilines is 2. The molecule has 0 saturated carbocycles. The maximum Gasteiger partial charge on any atom is 0.417 e. The molecule has 13 heteroatoms. The first kappa shape index (κ1) is 28.3. The van der Waals surface area contributed by atoms with Gasteiger partial charge in [-0.15, -0.1) is 0 Å². The number of aromatic nitrogens is 2. The fraction of sp³-hybridized carbons (Fsp3) is 0.407. The third kappa shape index (κ3) is 6.22. The molecule has 0 radical (unpaired) electrons. The van der Waals surface area contributed by atoms with Crippen molar-refractivity contribution in [3.63, 3.8) is 0 Å². The molecular formula is C27H31F3N6O3S. The molecule has 9 nitrogen and oxygen atoms in total.